The van der Waals surface area contributed by atoms with Crippen molar-refractivity contribution in [3.63, 3.8) is 0 Å². The van der Waals surface area contributed by atoms with Gasteiger partial charge in [-0.3, -0.25) is 4.99 Å². The predicted octanol–water partition coefficient (Wildman–Crippen LogP) is 1.01. The Labute approximate surface area is 65.2 Å². The van der Waals surface area contributed by atoms with Crippen molar-refractivity contribution < 1.29 is 23.1 Å². The molecule has 1 aliphatic heterocycles. The quantitative estimate of drug-likeness (QED) is 0.653. The van der Waals surface area contributed by atoms with Crippen LogP contribution >= 0.6 is 0 Å². The number of hydrogen-bond acceptors (Lipinski definition) is 2. The Balaban J connectivity index is 3.14. The first kappa shape index (κ1) is 8.76. The van der Waals surface area contributed by atoms with E-state index in [0.29, 0.717) is 6.08 Å². The molecular formula is C6H4F3NO2. The fourth-order valence-electron chi connectivity index (χ4n) is 0.801. The minimum atomic E-state index is -4.89. The first-order valence-electron chi connectivity index (χ1n) is 2.93. The van der Waals surface area contributed by atoms with Crippen LogP contribution in [0.25, 0.3) is 0 Å². The predicted molar refractivity (Wildman–Crippen MR) is 34.1 cm³/mol. The van der Waals surface area contributed by atoms with E-state index in [1.807, 2.05) is 0 Å². The summed E-state index contributed by atoms with van der Waals surface area (Å²) in [5.41, 5.74) is -3.06. The van der Waals surface area contributed by atoms with E-state index in [1.165, 1.54) is 0 Å². The number of halogens is 3. The smallest absolute Gasteiger partial charge is 0.428 e. The Morgan fingerprint density at radius 1 is 1.50 bits per heavy atom. The van der Waals surface area contributed by atoms with Gasteiger partial charge in [0.1, 0.15) is 0 Å². The van der Waals surface area contributed by atoms with Gasteiger partial charge in [-0.05, 0) is 12.2 Å². The van der Waals surface area contributed by atoms with E-state index in [2.05, 4.69) is 4.99 Å². The molecule has 0 bridgehead atoms. The van der Waals surface area contributed by atoms with Gasteiger partial charge in [-0.1, -0.05) is 0 Å². The number of nitrogens with zero attached hydrogens (tertiary/aromatic N) is 1. The van der Waals surface area contributed by atoms with Crippen molar-refractivity contribution in [2.45, 2.75) is 11.7 Å². The Morgan fingerprint density at radius 3 is 2.25 bits per heavy atom. The second-order valence-electron chi connectivity index (χ2n) is 2.21. The van der Waals surface area contributed by atoms with Crippen LogP contribution in [0.5, 0.6) is 0 Å². The summed E-state index contributed by atoms with van der Waals surface area (Å²) in [5.74, 6) is -2.01. The van der Waals surface area contributed by atoms with Gasteiger partial charge in [-0.2, -0.15) is 13.2 Å². The topological polar surface area (TPSA) is 49.7 Å². The molecule has 1 atom stereocenters. The van der Waals surface area contributed by atoms with Crippen molar-refractivity contribution in [1.29, 1.82) is 0 Å². The third-order valence-corrected chi connectivity index (χ3v) is 1.46. The van der Waals surface area contributed by atoms with Crippen LogP contribution < -0.4 is 0 Å². The summed E-state index contributed by atoms with van der Waals surface area (Å²) >= 11 is 0. The molecule has 1 aliphatic rings. The molecule has 1 N–H and O–H groups in total. The van der Waals surface area contributed by atoms with Crippen molar-refractivity contribution in [2.75, 3.05) is 0 Å². The van der Waals surface area contributed by atoms with Gasteiger partial charge in [-0.25, -0.2) is 4.79 Å². The van der Waals surface area contributed by atoms with Crippen molar-refractivity contribution in [2.24, 2.45) is 4.99 Å². The molecule has 0 amide bonds. The third-order valence-electron chi connectivity index (χ3n) is 1.46. The maximum absolute atomic E-state index is 12.1. The number of hydrogen-bond donors (Lipinski definition) is 1. The van der Waals surface area contributed by atoms with Gasteiger partial charge in [0.05, 0.1) is 0 Å². The molecule has 0 aromatic rings. The zero-order valence-electron chi connectivity index (χ0n) is 5.67. The average molecular weight is 179 g/mol. The summed E-state index contributed by atoms with van der Waals surface area (Å²) < 4.78 is 36.4. The number of carboxylic acids is 1. The van der Waals surface area contributed by atoms with Gasteiger partial charge in [-0.15, -0.1) is 0 Å². The maximum Gasteiger partial charge on any atom is 0.428 e. The lowest BCUT2D eigenvalue weighted by molar-refractivity contribution is -0.190. The van der Waals surface area contributed by atoms with Gasteiger partial charge >= 0.3 is 12.1 Å². The molecule has 0 fully saturated rings. The molecule has 3 nitrogen and oxygen atoms in total. The Hall–Kier alpha value is -1.33. The zero-order valence-corrected chi connectivity index (χ0v) is 5.67. The molecule has 66 valence electrons. The molecule has 1 heterocycles. The molecule has 0 spiro atoms. The average Bonchev–Trinajstić information content (AvgIpc) is 2.31. The summed E-state index contributed by atoms with van der Waals surface area (Å²) in [6, 6.07) is 0. The van der Waals surface area contributed by atoms with Crippen molar-refractivity contribution in [3.8, 4) is 0 Å². The van der Waals surface area contributed by atoms with Crippen LogP contribution in [0.3, 0.4) is 0 Å². The van der Waals surface area contributed by atoms with E-state index in [1.54, 1.807) is 0 Å². The van der Waals surface area contributed by atoms with Crippen LogP contribution in [-0.2, 0) is 4.79 Å². The summed E-state index contributed by atoms with van der Waals surface area (Å²) in [6.07, 6.45) is -2.60. The molecule has 0 aromatic heterocycles. The highest BCUT2D eigenvalue weighted by atomic mass is 19.4. The fraction of sp³-hybridized carbons (Fsp3) is 0.333. The monoisotopic (exact) mass is 179 g/mol. The van der Waals surface area contributed by atoms with E-state index in [4.69, 9.17) is 5.11 Å². The Bertz CT molecular complexity index is 254. The highest BCUT2D eigenvalue weighted by molar-refractivity contribution is 5.91. The Morgan fingerprint density at radius 2 is 2.08 bits per heavy atom. The van der Waals surface area contributed by atoms with E-state index < -0.39 is 17.7 Å². The lowest BCUT2D eigenvalue weighted by Crippen LogP contribution is -2.47. The van der Waals surface area contributed by atoms with Gasteiger partial charge in [0.15, 0.2) is 0 Å². The standard InChI is InChI=1S/C6H4F3NO2/c7-6(8,9)5(4(11)12)2-1-3-10-5/h1-3H,(H,11,12). The molecule has 0 aliphatic carbocycles. The van der Waals surface area contributed by atoms with Gasteiger partial charge in [0.2, 0.25) is 0 Å². The summed E-state index contributed by atoms with van der Waals surface area (Å²) in [5, 5.41) is 8.31. The van der Waals surface area contributed by atoms with Crippen LogP contribution in [0, 0.1) is 0 Å². The lowest BCUT2D eigenvalue weighted by Gasteiger charge is -2.21. The van der Waals surface area contributed by atoms with Crippen molar-refractivity contribution in [3.05, 3.63) is 12.2 Å². The maximum atomic E-state index is 12.1. The number of carbonyl (C=O) groups is 1. The number of alkyl halides is 3. The van der Waals surface area contributed by atoms with Crippen LogP contribution in [-0.4, -0.2) is 29.0 Å². The molecule has 0 radical (unpaired) electrons. The van der Waals surface area contributed by atoms with Crippen LogP contribution in [0.2, 0.25) is 0 Å². The molecular weight excluding hydrogens is 175 g/mol. The van der Waals surface area contributed by atoms with E-state index in [-0.39, 0.29) is 0 Å². The molecule has 1 unspecified atom stereocenters. The number of aliphatic imine (C=N–C) groups is 1. The normalized spacial score (nSPS) is 27.9. The highest BCUT2D eigenvalue weighted by Gasteiger charge is 2.60. The Kier molecular flexibility index (Phi) is 1.70. The minimum absolute atomic E-state index is 0.509. The van der Waals surface area contributed by atoms with E-state index in [9.17, 15) is 18.0 Å². The summed E-state index contributed by atoms with van der Waals surface area (Å²) in [6.45, 7) is 0. The summed E-state index contributed by atoms with van der Waals surface area (Å²) in [7, 11) is 0. The summed E-state index contributed by atoms with van der Waals surface area (Å²) in [4.78, 5) is 13.2. The minimum Gasteiger partial charge on any atom is -0.479 e. The van der Waals surface area contributed by atoms with Gasteiger partial charge in [0, 0.05) is 6.21 Å². The fourth-order valence-corrected chi connectivity index (χ4v) is 0.801. The van der Waals surface area contributed by atoms with Crippen LogP contribution in [0.4, 0.5) is 13.2 Å². The molecule has 0 aromatic carbocycles. The molecule has 0 saturated heterocycles. The number of allylic oxidation sites excluding steroid dienone is 1. The highest BCUT2D eigenvalue weighted by Crippen LogP contribution is 2.36. The largest absolute Gasteiger partial charge is 0.479 e. The van der Waals surface area contributed by atoms with Crippen LogP contribution in [0.1, 0.15) is 0 Å². The third kappa shape index (κ3) is 0.992. The van der Waals surface area contributed by atoms with Gasteiger partial charge in [0.25, 0.3) is 5.54 Å². The first-order valence-corrected chi connectivity index (χ1v) is 2.93. The first-order chi connectivity index (χ1) is 5.40. The number of carboxylic acid groups (broad SMARTS) is 1. The number of aliphatic carboxylic acids is 1. The second kappa shape index (κ2) is 2.33. The van der Waals surface area contributed by atoms with Crippen molar-refractivity contribution >= 4 is 12.2 Å². The van der Waals surface area contributed by atoms with E-state index in [0.717, 1.165) is 12.3 Å². The van der Waals surface area contributed by atoms with E-state index >= 15 is 0 Å². The molecule has 12 heavy (non-hydrogen) atoms. The molecule has 1 rings (SSSR count). The lowest BCUT2D eigenvalue weighted by atomic mass is 10.0. The van der Waals surface area contributed by atoms with Crippen molar-refractivity contribution in [1.82, 2.24) is 0 Å². The second-order valence-corrected chi connectivity index (χ2v) is 2.21. The SMILES string of the molecule is O=C(O)C1(C(F)(F)F)C=CC=N1. The molecule has 0 saturated carbocycles. The zero-order chi connectivity index (χ0) is 9.41. The van der Waals surface area contributed by atoms with Crippen LogP contribution in [0.15, 0.2) is 17.1 Å². The van der Waals surface area contributed by atoms with Gasteiger partial charge < -0.3 is 5.11 Å². The number of rotatable bonds is 1. The molecule has 6 heteroatoms.